The average Bonchev–Trinajstić information content (AvgIpc) is 2.03. The standard InChI is InChI=1S/C7H13F3O4/c1-13-3-5(12)6(2-11)14-4-7(8,9)10/h5-6,11-12H,2-4H2,1H3. The van der Waals surface area contributed by atoms with Gasteiger partial charge in [-0.2, -0.15) is 13.2 Å². The van der Waals surface area contributed by atoms with E-state index in [1.807, 2.05) is 0 Å². The van der Waals surface area contributed by atoms with Crippen molar-refractivity contribution >= 4 is 0 Å². The third-order valence-electron chi connectivity index (χ3n) is 1.41. The number of hydrogen-bond donors (Lipinski definition) is 2. The van der Waals surface area contributed by atoms with E-state index in [1.165, 1.54) is 7.11 Å². The van der Waals surface area contributed by atoms with Crippen molar-refractivity contribution in [3.8, 4) is 0 Å². The third kappa shape index (κ3) is 6.14. The molecule has 0 heterocycles. The minimum atomic E-state index is -4.47. The van der Waals surface area contributed by atoms with Crippen LogP contribution in [0.25, 0.3) is 0 Å². The van der Waals surface area contributed by atoms with Gasteiger partial charge in [-0.05, 0) is 0 Å². The van der Waals surface area contributed by atoms with Gasteiger partial charge in [-0.15, -0.1) is 0 Å². The first-order valence-electron chi connectivity index (χ1n) is 3.87. The Bertz CT molecular complexity index is 150. The molecule has 4 nitrogen and oxygen atoms in total. The number of alkyl halides is 3. The lowest BCUT2D eigenvalue weighted by Gasteiger charge is -2.21. The zero-order valence-electron chi connectivity index (χ0n) is 7.62. The molecule has 0 spiro atoms. The summed E-state index contributed by atoms with van der Waals surface area (Å²) >= 11 is 0. The number of halogens is 3. The molecule has 0 saturated carbocycles. The maximum atomic E-state index is 11.7. The summed E-state index contributed by atoms with van der Waals surface area (Å²) < 4.78 is 43.8. The summed E-state index contributed by atoms with van der Waals surface area (Å²) in [5.41, 5.74) is 0. The zero-order chi connectivity index (χ0) is 11.2. The number of ether oxygens (including phenoxy) is 2. The lowest BCUT2D eigenvalue weighted by atomic mass is 10.2. The molecule has 0 aliphatic heterocycles. The van der Waals surface area contributed by atoms with E-state index in [0.717, 1.165) is 0 Å². The fraction of sp³-hybridized carbons (Fsp3) is 1.00. The topological polar surface area (TPSA) is 58.9 Å². The van der Waals surface area contributed by atoms with Gasteiger partial charge >= 0.3 is 6.18 Å². The molecule has 2 atom stereocenters. The first-order valence-corrected chi connectivity index (χ1v) is 3.87. The molecule has 0 amide bonds. The molecule has 14 heavy (non-hydrogen) atoms. The van der Waals surface area contributed by atoms with Crippen LogP contribution in [0.15, 0.2) is 0 Å². The first-order chi connectivity index (χ1) is 6.40. The molecule has 7 heteroatoms. The molecule has 0 aromatic rings. The van der Waals surface area contributed by atoms with Gasteiger partial charge in [0.05, 0.1) is 13.2 Å². The first kappa shape index (κ1) is 13.6. The number of hydrogen-bond acceptors (Lipinski definition) is 4. The largest absolute Gasteiger partial charge is 0.411 e. The summed E-state index contributed by atoms with van der Waals surface area (Å²) in [5.74, 6) is 0. The molecule has 0 aliphatic carbocycles. The lowest BCUT2D eigenvalue weighted by molar-refractivity contribution is -0.201. The maximum Gasteiger partial charge on any atom is 0.411 e. The molecule has 86 valence electrons. The Balaban J connectivity index is 3.90. The predicted octanol–water partition coefficient (Wildman–Crippen LogP) is -0.0665. The average molecular weight is 218 g/mol. The normalized spacial score (nSPS) is 16.7. The van der Waals surface area contributed by atoms with Gasteiger partial charge in [-0.1, -0.05) is 0 Å². The van der Waals surface area contributed by atoms with Crippen LogP contribution in [0.2, 0.25) is 0 Å². The molecule has 0 fully saturated rings. The Morgan fingerprint density at radius 1 is 1.36 bits per heavy atom. The lowest BCUT2D eigenvalue weighted by Crippen LogP contribution is -2.38. The second-order valence-electron chi connectivity index (χ2n) is 2.67. The summed E-state index contributed by atoms with van der Waals surface area (Å²) in [6.07, 6.45) is -7.02. The van der Waals surface area contributed by atoms with Crippen LogP contribution in [-0.2, 0) is 9.47 Å². The van der Waals surface area contributed by atoms with Crippen molar-refractivity contribution in [2.45, 2.75) is 18.4 Å². The van der Waals surface area contributed by atoms with E-state index in [9.17, 15) is 13.2 Å². The van der Waals surface area contributed by atoms with E-state index in [1.54, 1.807) is 0 Å². The summed E-state index contributed by atoms with van der Waals surface area (Å²) in [4.78, 5) is 0. The number of rotatable bonds is 6. The Kier molecular flexibility index (Phi) is 6.01. The number of methoxy groups -OCH3 is 1. The fourth-order valence-electron chi connectivity index (χ4n) is 0.765. The summed E-state index contributed by atoms with van der Waals surface area (Å²) in [6.45, 7) is -2.39. The SMILES string of the molecule is COCC(O)C(CO)OCC(F)(F)F. The number of aliphatic hydroxyl groups is 2. The second-order valence-corrected chi connectivity index (χ2v) is 2.67. The Morgan fingerprint density at radius 3 is 2.29 bits per heavy atom. The Hall–Kier alpha value is -0.370. The molecular formula is C7H13F3O4. The van der Waals surface area contributed by atoms with E-state index >= 15 is 0 Å². The van der Waals surface area contributed by atoms with Crippen LogP contribution >= 0.6 is 0 Å². The van der Waals surface area contributed by atoms with Gasteiger partial charge in [-0.25, -0.2) is 0 Å². The van der Waals surface area contributed by atoms with Crippen molar-refractivity contribution in [3.05, 3.63) is 0 Å². The van der Waals surface area contributed by atoms with Gasteiger partial charge in [0.2, 0.25) is 0 Å². The molecule has 0 radical (unpaired) electrons. The van der Waals surface area contributed by atoms with Gasteiger partial charge in [0.25, 0.3) is 0 Å². The minimum Gasteiger partial charge on any atom is -0.394 e. The molecule has 2 N–H and O–H groups in total. The van der Waals surface area contributed by atoms with Gasteiger partial charge < -0.3 is 19.7 Å². The van der Waals surface area contributed by atoms with E-state index in [0.29, 0.717) is 0 Å². The van der Waals surface area contributed by atoms with E-state index in [-0.39, 0.29) is 6.61 Å². The third-order valence-corrected chi connectivity index (χ3v) is 1.41. The zero-order valence-corrected chi connectivity index (χ0v) is 7.62. The molecule has 0 bridgehead atoms. The predicted molar refractivity (Wildman–Crippen MR) is 40.8 cm³/mol. The van der Waals surface area contributed by atoms with Crippen LogP contribution in [0.1, 0.15) is 0 Å². The van der Waals surface area contributed by atoms with Crippen molar-refractivity contribution < 1.29 is 32.9 Å². The molecule has 0 saturated heterocycles. The monoisotopic (exact) mass is 218 g/mol. The van der Waals surface area contributed by atoms with Crippen LogP contribution in [0.4, 0.5) is 13.2 Å². The number of aliphatic hydroxyl groups excluding tert-OH is 2. The molecule has 0 aromatic heterocycles. The van der Waals surface area contributed by atoms with Crippen molar-refractivity contribution in [1.82, 2.24) is 0 Å². The Labute approximate surface area is 79.2 Å². The van der Waals surface area contributed by atoms with Crippen LogP contribution in [0.5, 0.6) is 0 Å². The fourth-order valence-corrected chi connectivity index (χ4v) is 0.765. The van der Waals surface area contributed by atoms with Crippen molar-refractivity contribution in [3.63, 3.8) is 0 Å². The molecule has 0 aliphatic rings. The van der Waals surface area contributed by atoms with E-state index in [2.05, 4.69) is 9.47 Å². The quantitative estimate of drug-likeness (QED) is 0.655. The smallest absolute Gasteiger partial charge is 0.394 e. The van der Waals surface area contributed by atoms with Crippen molar-refractivity contribution in [1.29, 1.82) is 0 Å². The summed E-state index contributed by atoms with van der Waals surface area (Å²) in [7, 11) is 1.28. The summed E-state index contributed by atoms with van der Waals surface area (Å²) in [5, 5.41) is 17.7. The maximum absolute atomic E-state index is 11.7. The van der Waals surface area contributed by atoms with Crippen LogP contribution < -0.4 is 0 Å². The van der Waals surface area contributed by atoms with E-state index < -0.39 is 31.6 Å². The highest BCUT2D eigenvalue weighted by atomic mass is 19.4. The van der Waals surface area contributed by atoms with E-state index in [4.69, 9.17) is 10.2 Å². The summed E-state index contributed by atoms with van der Waals surface area (Å²) in [6, 6.07) is 0. The van der Waals surface area contributed by atoms with Gasteiger partial charge in [0.15, 0.2) is 0 Å². The van der Waals surface area contributed by atoms with Crippen LogP contribution in [-0.4, -0.2) is 55.5 Å². The molecule has 0 aromatic carbocycles. The van der Waals surface area contributed by atoms with Crippen LogP contribution in [0.3, 0.4) is 0 Å². The van der Waals surface area contributed by atoms with Crippen molar-refractivity contribution in [2.24, 2.45) is 0 Å². The second kappa shape index (κ2) is 6.18. The van der Waals surface area contributed by atoms with Gasteiger partial charge in [-0.3, -0.25) is 0 Å². The Morgan fingerprint density at radius 2 is 1.93 bits per heavy atom. The van der Waals surface area contributed by atoms with Crippen LogP contribution in [0, 0.1) is 0 Å². The molecule has 0 rings (SSSR count). The molecular weight excluding hydrogens is 205 g/mol. The van der Waals surface area contributed by atoms with Gasteiger partial charge in [0, 0.05) is 7.11 Å². The van der Waals surface area contributed by atoms with Gasteiger partial charge in [0.1, 0.15) is 18.8 Å². The minimum absolute atomic E-state index is 0.191. The highest BCUT2D eigenvalue weighted by Gasteiger charge is 2.31. The highest BCUT2D eigenvalue weighted by molar-refractivity contribution is 4.68. The highest BCUT2D eigenvalue weighted by Crippen LogP contribution is 2.16. The molecule has 2 unspecified atom stereocenters. The van der Waals surface area contributed by atoms with Crippen molar-refractivity contribution in [2.75, 3.05) is 26.9 Å².